The molecule has 1 saturated heterocycles. The Kier molecular flexibility index (Phi) is 4.38. The standard InChI is InChI=1S/C15H20N4O/c16-10-15(18,13-6-2-1-3-7-13)11-19-8-4-5-12(9-19)14(17)20/h1-3,6-7,12H,4-5,8-9,11,18H2,(H2,17,20). The number of piperidine rings is 1. The van der Waals surface area contributed by atoms with E-state index in [4.69, 9.17) is 11.5 Å². The lowest BCUT2D eigenvalue weighted by molar-refractivity contribution is -0.123. The van der Waals surface area contributed by atoms with Crippen molar-refractivity contribution in [1.29, 1.82) is 5.26 Å². The molecular formula is C15H20N4O. The second kappa shape index (κ2) is 6.04. The molecule has 0 spiro atoms. The summed E-state index contributed by atoms with van der Waals surface area (Å²) < 4.78 is 0. The van der Waals surface area contributed by atoms with E-state index in [1.165, 1.54) is 0 Å². The zero-order chi connectivity index (χ0) is 14.6. The van der Waals surface area contributed by atoms with E-state index in [2.05, 4.69) is 11.0 Å². The van der Waals surface area contributed by atoms with Crippen molar-refractivity contribution in [2.75, 3.05) is 19.6 Å². The smallest absolute Gasteiger partial charge is 0.221 e. The number of nitrogens with two attached hydrogens (primary N) is 2. The number of hydrogen-bond donors (Lipinski definition) is 2. The van der Waals surface area contributed by atoms with E-state index < -0.39 is 5.54 Å². The first kappa shape index (κ1) is 14.5. The van der Waals surface area contributed by atoms with E-state index in [0.29, 0.717) is 13.1 Å². The predicted octanol–water partition coefficient (Wildman–Crippen LogP) is 0.561. The molecule has 1 fully saturated rings. The van der Waals surface area contributed by atoms with Crippen LogP contribution >= 0.6 is 0 Å². The van der Waals surface area contributed by atoms with Crippen molar-refractivity contribution in [3.8, 4) is 6.07 Å². The summed E-state index contributed by atoms with van der Waals surface area (Å²) in [5.41, 5.74) is 11.4. The summed E-state index contributed by atoms with van der Waals surface area (Å²) in [7, 11) is 0. The van der Waals surface area contributed by atoms with Crippen LogP contribution < -0.4 is 11.5 Å². The molecular weight excluding hydrogens is 252 g/mol. The number of rotatable bonds is 4. The second-order valence-corrected chi connectivity index (χ2v) is 5.43. The number of amides is 1. The largest absolute Gasteiger partial charge is 0.369 e. The maximum atomic E-state index is 11.3. The Morgan fingerprint density at radius 1 is 1.45 bits per heavy atom. The fourth-order valence-corrected chi connectivity index (χ4v) is 2.71. The van der Waals surface area contributed by atoms with Gasteiger partial charge in [-0.15, -0.1) is 0 Å². The van der Waals surface area contributed by atoms with Crippen molar-refractivity contribution in [3.05, 3.63) is 35.9 Å². The Labute approximate surface area is 119 Å². The Hall–Kier alpha value is -1.90. The van der Waals surface area contributed by atoms with Crippen LogP contribution in [0.1, 0.15) is 18.4 Å². The molecule has 2 unspecified atom stereocenters. The molecule has 0 aromatic heterocycles. The first-order valence-electron chi connectivity index (χ1n) is 6.82. The van der Waals surface area contributed by atoms with Gasteiger partial charge in [-0.1, -0.05) is 30.3 Å². The molecule has 20 heavy (non-hydrogen) atoms. The highest BCUT2D eigenvalue weighted by Gasteiger charge is 2.33. The zero-order valence-corrected chi connectivity index (χ0v) is 11.5. The molecule has 0 saturated carbocycles. The average Bonchev–Trinajstić information content (AvgIpc) is 2.48. The predicted molar refractivity (Wildman–Crippen MR) is 76.3 cm³/mol. The minimum Gasteiger partial charge on any atom is -0.369 e. The van der Waals surface area contributed by atoms with Gasteiger partial charge < -0.3 is 11.5 Å². The summed E-state index contributed by atoms with van der Waals surface area (Å²) in [6, 6.07) is 11.6. The first-order chi connectivity index (χ1) is 9.55. The summed E-state index contributed by atoms with van der Waals surface area (Å²) in [5, 5.41) is 9.45. The molecule has 4 N–H and O–H groups in total. The van der Waals surface area contributed by atoms with Gasteiger partial charge in [0.15, 0.2) is 0 Å². The molecule has 1 aliphatic heterocycles. The molecule has 2 atom stereocenters. The van der Waals surface area contributed by atoms with E-state index in [-0.39, 0.29) is 11.8 Å². The van der Waals surface area contributed by atoms with Crippen molar-refractivity contribution >= 4 is 5.91 Å². The highest BCUT2D eigenvalue weighted by molar-refractivity contribution is 5.76. The SMILES string of the molecule is N#CC(N)(CN1CCCC(C(N)=O)C1)c1ccccc1. The van der Waals surface area contributed by atoms with Gasteiger partial charge in [0.1, 0.15) is 5.54 Å². The molecule has 1 aromatic rings. The number of primary amides is 1. The summed E-state index contributed by atoms with van der Waals surface area (Å²) >= 11 is 0. The first-order valence-corrected chi connectivity index (χ1v) is 6.82. The van der Waals surface area contributed by atoms with E-state index in [0.717, 1.165) is 24.9 Å². The lowest BCUT2D eigenvalue weighted by atomic mass is 9.90. The molecule has 106 valence electrons. The van der Waals surface area contributed by atoms with Gasteiger partial charge in [-0.2, -0.15) is 5.26 Å². The minimum absolute atomic E-state index is 0.137. The topological polar surface area (TPSA) is 96.1 Å². The van der Waals surface area contributed by atoms with Crippen molar-refractivity contribution in [1.82, 2.24) is 4.90 Å². The number of carbonyl (C=O) groups excluding carboxylic acids is 1. The quantitative estimate of drug-likeness (QED) is 0.837. The van der Waals surface area contributed by atoms with E-state index in [9.17, 15) is 10.1 Å². The average molecular weight is 272 g/mol. The monoisotopic (exact) mass is 272 g/mol. The van der Waals surface area contributed by atoms with Crippen LogP contribution in [0.25, 0.3) is 0 Å². The fourth-order valence-electron chi connectivity index (χ4n) is 2.71. The highest BCUT2D eigenvalue weighted by atomic mass is 16.1. The maximum absolute atomic E-state index is 11.3. The van der Waals surface area contributed by atoms with Gasteiger partial charge in [0, 0.05) is 13.1 Å². The second-order valence-electron chi connectivity index (χ2n) is 5.43. The fraction of sp³-hybridized carbons (Fsp3) is 0.467. The van der Waals surface area contributed by atoms with Crippen LogP contribution in [0.15, 0.2) is 30.3 Å². The Morgan fingerprint density at radius 2 is 2.15 bits per heavy atom. The third-order valence-electron chi connectivity index (χ3n) is 3.87. The molecule has 1 heterocycles. The van der Waals surface area contributed by atoms with Gasteiger partial charge in [-0.3, -0.25) is 9.69 Å². The summed E-state index contributed by atoms with van der Waals surface area (Å²) in [4.78, 5) is 13.4. The molecule has 0 radical (unpaired) electrons. The van der Waals surface area contributed by atoms with Gasteiger partial charge in [0.2, 0.25) is 5.91 Å². The number of benzene rings is 1. The van der Waals surface area contributed by atoms with E-state index in [1.54, 1.807) is 0 Å². The van der Waals surface area contributed by atoms with Gasteiger partial charge in [0.25, 0.3) is 0 Å². The molecule has 0 bridgehead atoms. The summed E-state index contributed by atoms with van der Waals surface area (Å²) in [5.74, 6) is -0.406. The van der Waals surface area contributed by atoms with Crippen molar-refractivity contribution in [2.24, 2.45) is 17.4 Å². The number of nitriles is 1. The zero-order valence-electron chi connectivity index (χ0n) is 11.5. The van der Waals surface area contributed by atoms with Crippen LogP contribution in [0, 0.1) is 17.2 Å². The maximum Gasteiger partial charge on any atom is 0.221 e. The van der Waals surface area contributed by atoms with Crippen LogP contribution in [0.5, 0.6) is 0 Å². The van der Waals surface area contributed by atoms with E-state index >= 15 is 0 Å². The molecule has 2 rings (SSSR count). The normalized spacial score (nSPS) is 22.7. The number of hydrogen-bond acceptors (Lipinski definition) is 4. The third-order valence-corrected chi connectivity index (χ3v) is 3.87. The van der Waals surface area contributed by atoms with Gasteiger partial charge in [-0.25, -0.2) is 0 Å². The Bertz CT molecular complexity index is 510. The third kappa shape index (κ3) is 3.16. The van der Waals surface area contributed by atoms with Crippen LogP contribution in [0.4, 0.5) is 0 Å². The molecule has 1 amide bonds. The van der Waals surface area contributed by atoms with Crippen LogP contribution in [-0.4, -0.2) is 30.4 Å². The van der Waals surface area contributed by atoms with Crippen LogP contribution in [-0.2, 0) is 10.3 Å². The van der Waals surface area contributed by atoms with Gasteiger partial charge in [-0.05, 0) is 24.9 Å². The molecule has 1 aliphatic rings. The van der Waals surface area contributed by atoms with Crippen molar-refractivity contribution in [3.63, 3.8) is 0 Å². The Morgan fingerprint density at radius 3 is 2.75 bits per heavy atom. The molecule has 5 heteroatoms. The van der Waals surface area contributed by atoms with Crippen LogP contribution in [0.3, 0.4) is 0 Å². The highest BCUT2D eigenvalue weighted by Crippen LogP contribution is 2.23. The number of carbonyl (C=O) groups is 1. The van der Waals surface area contributed by atoms with E-state index in [1.807, 2.05) is 30.3 Å². The van der Waals surface area contributed by atoms with Crippen LogP contribution in [0.2, 0.25) is 0 Å². The number of likely N-dealkylation sites (tertiary alicyclic amines) is 1. The summed E-state index contributed by atoms with van der Waals surface area (Å²) in [6.07, 6.45) is 1.73. The van der Waals surface area contributed by atoms with Gasteiger partial charge >= 0.3 is 0 Å². The number of nitrogens with zero attached hydrogens (tertiary/aromatic N) is 2. The van der Waals surface area contributed by atoms with Crippen molar-refractivity contribution < 1.29 is 4.79 Å². The van der Waals surface area contributed by atoms with Crippen molar-refractivity contribution in [2.45, 2.75) is 18.4 Å². The summed E-state index contributed by atoms with van der Waals surface area (Å²) in [6.45, 7) is 1.84. The Balaban J connectivity index is 2.11. The lowest BCUT2D eigenvalue weighted by Crippen LogP contribution is -2.51. The molecule has 5 nitrogen and oxygen atoms in total. The molecule has 1 aromatic carbocycles. The molecule has 0 aliphatic carbocycles. The minimum atomic E-state index is -1.05. The lowest BCUT2D eigenvalue weighted by Gasteiger charge is -2.35. The van der Waals surface area contributed by atoms with Gasteiger partial charge in [0.05, 0.1) is 12.0 Å².